The van der Waals surface area contributed by atoms with Crippen LogP contribution in [0.25, 0.3) is 0 Å². The van der Waals surface area contributed by atoms with E-state index in [1.54, 1.807) is 0 Å². The Bertz CT molecular complexity index is 522. The van der Waals surface area contributed by atoms with Crippen molar-refractivity contribution < 1.29 is 14.7 Å². The molecule has 1 aliphatic rings. The molecule has 0 aliphatic heterocycles. The van der Waals surface area contributed by atoms with E-state index in [2.05, 4.69) is 5.32 Å². The van der Waals surface area contributed by atoms with Gasteiger partial charge in [0.1, 0.15) is 0 Å². The molecular weight excluding hydrogens is 242 g/mol. The summed E-state index contributed by atoms with van der Waals surface area (Å²) in [5.41, 5.74) is 1.71. The molecule has 0 heterocycles. The largest absolute Gasteiger partial charge is 0.481 e. The fraction of sp³-hybridized carbons (Fsp3) is 0.333. The number of aryl methyl sites for hydroxylation is 1. The second-order valence-electron chi connectivity index (χ2n) is 4.80. The van der Waals surface area contributed by atoms with Gasteiger partial charge in [0.15, 0.2) is 0 Å². The van der Waals surface area contributed by atoms with Crippen molar-refractivity contribution in [3.05, 3.63) is 42.0 Å². The maximum Gasteiger partial charge on any atom is 0.307 e. The number of carbonyl (C=O) groups excluding carboxylic acids is 1. The van der Waals surface area contributed by atoms with E-state index < -0.39 is 17.8 Å². The third kappa shape index (κ3) is 3.02. The van der Waals surface area contributed by atoms with Gasteiger partial charge in [0.05, 0.1) is 11.8 Å². The van der Waals surface area contributed by atoms with E-state index in [1.165, 1.54) is 0 Å². The maximum absolute atomic E-state index is 12.2. The van der Waals surface area contributed by atoms with E-state index in [1.807, 2.05) is 43.3 Å². The van der Waals surface area contributed by atoms with Gasteiger partial charge in [-0.2, -0.15) is 0 Å². The van der Waals surface area contributed by atoms with Crippen molar-refractivity contribution in [3.8, 4) is 0 Å². The first-order valence-corrected chi connectivity index (χ1v) is 6.34. The lowest BCUT2D eigenvalue weighted by atomic mass is 9.82. The van der Waals surface area contributed by atoms with Crippen LogP contribution in [0.4, 0.5) is 5.69 Å². The van der Waals surface area contributed by atoms with Crippen LogP contribution in [0.2, 0.25) is 0 Å². The number of allylic oxidation sites excluding steroid dienone is 2. The summed E-state index contributed by atoms with van der Waals surface area (Å²) in [7, 11) is 0. The quantitative estimate of drug-likeness (QED) is 0.820. The molecule has 1 amide bonds. The predicted octanol–water partition coefficient (Wildman–Crippen LogP) is 2.60. The molecule has 0 radical (unpaired) electrons. The van der Waals surface area contributed by atoms with Gasteiger partial charge in [-0.15, -0.1) is 0 Å². The molecule has 2 N–H and O–H groups in total. The number of para-hydroxylation sites is 1. The third-order valence-corrected chi connectivity index (χ3v) is 3.49. The molecule has 0 fully saturated rings. The Balaban J connectivity index is 2.13. The number of hydrogen-bond donors (Lipinski definition) is 2. The van der Waals surface area contributed by atoms with Crippen molar-refractivity contribution in [2.75, 3.05) is 5.32 Å². The van der Waals surface area contributed by atoms with Gasteiger partial charge >= 0.3 is 5.97 Å². The standard InChI is InChI=1S/C15H17NO3/c1-10-6-2-5-9-13(10)16-14(17)11-7-3-4-8-12(11)15(18)19/h2-6,9,11-12H,7-8H2,1H3,(H,16,17)(H,18,19). The van der Waals surface area contributed by atoms with Crippen LogP contribution >= 0.6 is 0 Å². The Labute approximate surface area is 112 Å². The minimum Gasteiger partial charge on any atom is -0.481 e. The third-order valence-electron chi connectivity index (χ3n) is 3.49. The van der Waals surface area contributed by atoms with Crippen LogP contribution in [-0.2, 0) is 9.59 Å². The minimum absolute atomic E-state index is 0.217. The number of carbonyl (C=O) groups is 2. The summed E-state index contributed by atoms with van der Waals surface area (Å²) in [4.78, 5) is 23.4. The van der Waals surface area contributed by atoms with Crippen molar-refractivity contribution in [1.29, 1.82) is 0 Å². The van der Waals surface area contributed by atoms with Crippen LogP contribution in [0, 0.1) is 18.8 Å². The van der Waals surface area contributed by atoms with Crippen LogP contribution in [0.5, 0.6) is 0 Å². The zero-order chi connectivity index (χ0) is 13.8. The summed E-state index contributed by atoms with van der Waals surface area (Å²) >= 11 is 0. The molecule has 19 heavy (non-hydrogen) atoms. The van der Waals surface area contributed by atoms with E-state index >= 15 is 0 Å². The van der Waals surface area contributed by atoms with Crippen LogP contribution < -0.4 is 5.32 Å². The number of hydrogen-bond acceptors (Lipinski definition) is 2. The van der Waals surface area contributed by atoms with Crippen molar-refractivity contribution in [1.82, 2.24) is 0 Å². The molecule has 2 rings (SSSR count). The van der Waals surface area contributed by atoms with Gasteiger partial charge < -0.3 is 10.4 Å². The highest BCUT2D eigenvalue weighted by Crippen LogP contribution is 2.27. The van der Waals surface area contributed by atoms with Gasteiger partial charge in [-0.25, -0.2) is 0 Å². The summed E-state index contributed by atoms with van der Waals surface area (Å²) in [5, 5.41) is 12.0. The Morgan fingerprint density at radius 2 is 1.79 bits per heavy atom. The number of benzene rings is 1. The lowest BCUT2D eigenvalue weighted by Gasteiger charge is -2.24. The second-order valence-corrected chi connectivity index (χ2v) is 4.80. The molecule has 100 valence electrons. The summed E-state index contributed by atoms with van der Waals surface area (Å²) < 4.78 is 0. The highest BCUT2D eigenvalue weighted by molar-refractivity contribution is 5.96. The number of anilines is 1. The minimum atomic E-state index is -0.908. The van der Waals surface area contributed by atoms with E-state index in [4.69, 9.17) is 5.11 Å². The zero-order valence-corrected chi connectivity index (χ0v) is 10.8. The number of rotatable bonds is 3. The van der Waals surface area contributed by atoms with Crippen LogP contribution in [0.15, 0.2) is 36.4 Å². The first kappa shape index (κ1) is 13.3. The Hall–Kier alpha value is -2.10. The fourth-order valence-corrected chi connectivity index (χ4v) is 2.32. The number of carboxylic acids is 1. The summed E-state index contributed by atoms with van der Waals surface area (Å²) in [6.45, 7) is 1.91. The summed E-state index contributed by atoms with van der Waals surface area (Å²) in [5.74, 6) is -2.25. The second kappa shape index (κ2) is 5.69. The first-order chi connectivity index (χ1) is 9.09. The van der Waals surface area contributed by atoms with E-state index in [0.29, 0.717) is 12.8 Å². The highest BCUT2D eigenvalue weighted by atomic mass is 16.4. The van der Waals surface area contributed by atoms with Gasteiger partial charge in [0.2, 0.25) is 5.91 Å². The molecule has 2 unspecified atom stereocenters. The van der Waals surface area contributed by atoms with E-state index in [-0.39, 0.29) is 5.91 Å². The van der Waals surface area contributed by atoms with Gasteiger partial charge in [0, 0.05) is 5.69 Å². The smallest absolute Gasteiger partial charge is 0.307 e. The molecule has 0 aromatic heterocycles. The van der Waals surface area contributed by atoms with Gasteiger partial charge in [-0.3, -0.25) is 9.59 Å². The van der Waals surface area contributed by atoms with Crippen molar-refractivity contribution >= 4 is 17.6 Å². The molecule has 4 heteroatoms. The lowest BCUT2D eigenvalue weighted by Crippen LogP contribution is -2.34. The zero-order valence-electron chi connectivity index (χ0n) is 10.8. The van der Waals surface area contributed by atoms with Crippen LogP contribution in [0.3, 0.4) is 0 Å². The summed E-state index contributed by atoms with van der Waals surface area (Å²) in [6.07, 6.45) is 4.60. The molecule has 2 atom stereocenters. The van der Waals surface area contributed by atoms with Gasteiger partial charge in [-0.05, 0) is 31.4 Å². The van der Waals surface area contributed by atoms with Crippen molar-refractivity contribution in [2.24, 2.45) is 11.8 Å². The highest BCUT2D eigenvalue weighted by Gasteiger charge is 2.33. The lowest BCUT2D eigenvalue weighted by molar-refractivity contribution is -0.146. The molecule has 1 aromatic carbocycles. The Kier molecular flexibility index (Phi) is 4.00. The molecule has 1 aromatic rings. The number of amides is 1. The number of aliphatic carboxylic acids is 1. The molecule has 0 spiro atoms. The molecular formula is C15H17NO3. The predicted molar refractivity (Wildman–Crippen MR) is 72.8 cm³/mol. The molecule has 0 saturated heterocycles. The van der Waals surface area contributed by atoms with Crippen molar-refractivity contribution in [2.45, 2.75) is 19.8 Å². The Morgan fingerprint density at radius 3 is 2.42 bits per heavy atom. The van der Waals surface area contributed by atoms with Crippen molar-refractivity contribution in [3.63, 3.8) is 0 Å². The summed E-state index contributed by atoms with van der Waals surface area (Å²) in [6, 6.07) is 7.47. The topological polar surface area (TPSA) is 66.4 Å². The fourth-order valence-electron chi connectivity index (χ4n) is 2.32. The van der Waals surface area contributed by atoms with Gasteiger partial charge in [0.25, 0.3) is 0 Å². The number of carboxylic acid groups (broad SMARTS) is 1. The normalized spacial score (nSPS) is 21.9. The average Bonchev–Trinajstić information content (AvgIpc) is 2.41. The van der Waals surface area contributed by atoms with Crippen LogP contribution in [-0.4, -0.2) is 17.0 Å². The molecule has 0 bridgehead atoms. The maximum atomic E-state index is 12.2. The monoisotopic (exact) mass is 259 g/mol. The van der Waals surface area contributed by atoms with Gasteiger partial charge in [-0.1, -0.05) is 30.4 Å². The first-order valence-electron chi connectivity index (χ1n) is 6.34. The molecule has 1 aliphatic carbocycles. The van der Waals surface area contributed by atoms with E-state index in [9.17, 15) is 9.59 Å². The number of nitrogens with one attached hydrogen (secondary N) is 1. The molecule has 4 nitrogen and oxygen atoms in total. The SMILES string of the molecule is Cc1ccccc1NC(=O)C1CC=CCC1C(=O)O. The van der Waals surface area contributed by atoms with E-state index in [0.717, 1.165) is 11.3 Å². The Morgan fingerprint density at radius 1 is 1.16 bits per heavy atom. The molecule has 0 saturated carbocycles. The average molecular weight is 259 g/mol. The van der Waals surface area contributed by atoms with Crippen LogP contribution in [0.1, 0.15) is 18.4 Å².